The van der Waals surface area contributed by atoms with E-state index in [-0.39, 0.29) is 17.9 Å². The lowest BCUT2D eigenvalue weighted by atomic mass is 9.70. The number of carbonyl (C=O) groups is 1. The van der Waals surface area contributed by atoms with Gasteiger partial charge in [0.25, 0.3) is 5.91 Å². The Morgan fingerprint density at radius 1 is 1.04 bits per heavy atom. The maximum absolute atomic E-state index is 13.6. The molecule has 5 atom stereocenters. The van der Waals surface area contributed by atoms with Crippen LogP contribution in [-0.4, -0.2) is 53.5 Å². The molecule has 1 N–H and O–H groups in total. The Hall–Kier alpha value is -3.41. The topological polar surface area (TPSA) is 116 Å². The number of anilines is 1. The van der Waals surface area contributed by atoms with Gasteiger partial charge in [-0.25, -0.2) is 18.1 Å². The molecule has 0 radical (unpaired) electrons. The number of aromatic nitrogens is 3. The third-order valence-corrected chi connectivity index (χ3v) is 12.8. The third-order valence-electron chi connectivity index (χ3n) is 10.6. The van der Waals surface area contributed by atoms with Crippen LogP contribution in [0.15, 0.2) is 54.9 Å². The van der Waals surface area contributed by atoms with E-state index in [0.29, 0.717) is 54.1 Å². The fraction of sp³-hybridized carbons (Fsp3) is 0.528. The minimum Gasteiger partial charge on any atom is -0.487 e. The zero-order chi connectivity index (χ0) is 33.3. The van der Waals surface area contributed by atoms with Gasteiger partial charge in [-0.3, -0.25) is 9.48 Å². The number of amides is 1. The van der Waals surface area contributed by atoms with Crippen LogP contribution < -0.4 is 14.4 Å². The Labute approximate surface area is 287 Å². The van der Waals surface area contributed by atoms with Gasteiger partial charge >= 0.3 is 0 Å². The van der Waals surface area contributed by atoms with Crippen molar-refractivity contribution in [3.05, 3.63) is 82.4 Å². The quantitative estimate of drug-likeness (QED) is 0.333. The van der Waals surface area contributed by atoms with E-state index in [1.54, 1.807) is 17.1 Å². The van der Waals surface area contributed by atoms with Crippen molar-refractivity contribution in [1.82, 2.24) is 19.5 Å². The highest BCUT2D eigenvalue weighted by atomic mass is 35.5. The second-order valence-electron chi connectivity index (χ2n) is 13.8. The van der Waals surface area contributed by atoms with Crippen LogP contribution in [-0.2, 0) is 41.4 Å². The number of fused-ring (bicyclic) bond motifs is 4. The number of allylic oxidation sites excluding steroid dienone is 1. The van der Waals surface area contributed by atoms with Gasteiger partial charge in [0, 0.05) is 30.7 Å². The number of nitrogens with zero attached hydrogens (tertiary/aromatic N) is 4. The minimum absolute atomic E-state index is 0.0659. The molecule has 2 aliphatic heterocycles. The second-order valence-corrected chi connectivity index (χ2v) is 16.1. The van der Waals surface area contributed by atoms with Crippen LogP contribution in [0, 0.1) is 17.8 Å². The number of hydrogen-bond acceptors (Lipinski definition) is 8. The summed E-state index contributed by atoms with van der Waals surface area (Å²) in [6, 6.07) is 11.2. The first kappa shape index (κ1) is 33.1. The molecule has 4 aliphatic rings. The van der Waals surface area contributed by atoms with E-state index in [4.69, 9.17) is 21.1 Å². The van der Waals surface area contributed by atoms with E-state index in [2.05, 4.69) is 31.9 Å². The van der Waals surface area contributed by atoms with Crippen molar-refractivity contribution in [3.8, 4) is 5.75 Å². The van der Waals surface area contributed by atoms with Gasteiger partial charge in [0.1, 0.15) is 25.3 Å². The van der Waals surface area contributed by atoms with E-state index >= 15 is 0 Å². The molecule has 2 aromatic carbocycles. The molecule has 1 amide bonds. The number of hydrogen-bond donors (Lipinski definition) is 1. The van der Waals surface area contributed by atoms with Crippen molar-refractivity contribution in [3.63, 3.8) is 0 Å². The summed E-state index contributed by atoms with van der Waals surface area (Å²) in [5, 5.41) is 4.50. The fourth-order valence-electron chi connectivity index (χ4n) is 7.89. The Kier molecular flexibility index (Phi) is 9.80. The van der Waals surface area contributed by atoms with E-state index in [1.807, 2.05) is 37.4 Å². The number of rotatable bonds is 3. The zero-order valence-corrected chi connectivity index (χ0v) is 29.0. The van der Waals surface area contributed by atoms with Crippen molar-refractivity contribution in [2.45, 2.75) is 82.4 Å². The van der Waals surface area contributed by atoms with Gasteiger partial charge in [0.2, 0.25) is 10.0 Å². The monoisotopic (exact) mass is 693 g/mol. The molecule has 1 aromatic heterocycles. The third kappa shape index (κ3) is 7.28. The smallest absolute Gasteiger partial charge is 0.264 e. The Bertz CT molecular complexity index is 1780. The van der Waals surface area contributed by atoms with Crippen LogP contribution in [0.5, 0.6) is 5.75 Å². The Morgan fingerprint density at radius 3 is 2.75 bits per heavy atom. The molecule has 2 aliphatic carbocycles. The van der Waals surface area contributed by atoms with Crippen LogP contribution in [0.25, 0.3) is 0 Å². The van der Waals surface area contributed by atoms with Gasteiger partial charge in [-0.15, -0.1) is 0 Å². The molecule has 10 nitrogen and oxygen atoms in total. The molecular weight excluding hydrogens is 650 g/mol. The Balaban J connectivity index is 1.24. The summed E-state index contributed by atoms with van der Waals surface area (Å²) in [4.78, 5) is 20.3. The molecule has 12 heteroatoms. The number of halogens is 1. The highest BCUT2D eigenvalue weighted by Crippen LogP contribution is 2.42. The first-order valence-electron chi connectivity index (χ1n) is 17.2. The molecule has 2 fully saturated rings. The molecular formula is C36H44ClN5O5S. The van der Waals surface area contributed by atoms with Crippen LogP contribution in [0.2, 0.25) is 5.02 Å². The molecule has 7 rings (SSSR count). The zero-order valence-electron chi connectivity index (χ0n) is 27.4. The number of carbonyl (C=O) groups excluding carboxylic acids is 1. The molecule has 0 spiro atoms. The summed E-state index contributed by atoms with van der Waals surface area (Å²) in [6.07, 6.45) is 13.4. The van der Waals surface area contributed by atoms with Gasteiger partial charge in [0.05, 0.1) is 17.0 Å². The van der Waals surface area contributed by atoms with Crippen LogP contribution in [0.1, 0.15) is 78.7 Å². The average Bonchev–Trinajstić information content (AvgIpc) is 3.70. The van der Waals surface area contributed by atoms with E-state index in [0.717, 1.165) is 69.3 Å². The van der Waals surface area contributed by atoms with Crippen molar-refractivity contribution in [1.29, 1.82) is 0 Å². The van der Waals surface area contributed by atoms with Crippen molar-refractivity contribution < 1.29 is 22.7 Å². The average molecular weight is 694 g/mol. The summed E-state index contributed by atoms with van der Waals surface area (Å²) in [6.45, 7) is 2.20. The Morgan fingerprint density at radius 2 is 1.94 bits per heavy atom. The number of sulfonamides is 1. The van der Waals surface area contributed by atoms with E-state index in [9.17, 15) is 13.2 Å². The van der Waals surface area contributed by atoms with Crippen LogP contribution >= 0.6 is 11.6 Å². The maximum atomic E-state index is 13.6. The minimum atomic E-state index is -3.89. The van der Waals surface area contributed by atoms with Gasteiger partial charge < -0.3 is 14.4 Å². The highest BCUT2D eigenvalue weighted by Gasteiger charge is 2.40. The molecule has 3 heterocycles. The number of nitrogens with one attached hydrogen (secondary N) is 1. The summed E-state index contributed by atoms with van der Waals surface area (Å²) >= 11 is 6.36. The summed E-state index contributed by atoms with van der Waals surface area (Å²) < 4.78 is 44.4. The first-order valence-corrected chi connectivity index (χ1v) is 19.1. The summed E-state index contributed by atoms with van der Waals surface area (Å²) in [5.74, 6) is 1.28. The molecule has 2 saturated carbocycles. The van der Waals surface area contributed by atoms with Gasteiger partial charge in [-0.1, -0.05) is 36.2 Å². The molecule has 256 valence electrons. The maximum Gasteiger partial charge on any atom is 0.264 e. The van der Waals surface area contributed by atoms with E-state index in [1.165, 1.54) is 5.56 Å². The fourth-order valence-corrected chi connectivity index (χ4v) is 9.84. The lowest BCUT2D eigenvalue weighted by molar-refractivity contribution is -0.0247. The van der Waals surface area contributed by atoms with Crippen LogP contribution in [0.4, 0.5) is 5.69 Å². The van der Waals surface area contributed by atoms with Gasteiger partial charge in [-0.05, 0) is 111 Å². The van der Waals surface area contributed by atoms with Gasteiger partial charge in [0.15, 0.2) is 5.82 Å². The molecule has 2 bridgehead atoms. The van der Waals surface area contributed by atoms with Crippen LogP contribution in [0.3, 0.4) is 0 Å². The standard InChI is InChI=1S/C36H44ClN5O5S/c1-41-23-38-35(39-41)22-47-32-9-4-7-24-8-5-10-34(24)48(44,45)40-36(43)26-13-16-33-31(19-26)42(20-27-12-15-30(27)32)17-3-2-6-25-18-29(37)14-11-28(25)21-46-33/h4,9,11,13-14,16,18-19,23-24,27,30,32,34H,2-3,5-8,10,12,15,17,20-22H2,1H3,(H,40,43)/b9-4+/t24-,27-,30+,32-,34-/m0/s1. The predicted molar refractivity (Wildman–Crippen MR) is 184 cm³/mol. The normalized spacial score (nSPS) is 28.0. The lowest BCUT2D eigenvalue weighted by Gasteiger charge is -2.44. The number of ether oxygens (including phenoxy) is 2. The molecule has 48 heavy (non-hydrogen) atoms. The molecule has 3 aromatic rings. The number of benzene rings is 2. The van der Waals surface area contributed by atoms with E-state index < -0.39 is 21.2 Å². The first-order chi connectivity index (χ1) is 23.2. The second kappa shape index (κ2) is 14.2. The molecule has 0 saturated heterocycles. The summed E-state index contributed by atoms with van der Waals surface area (Å²) in [5.41, 5.74) is 3.38. The lowest BCUT2D eigenvalue weighted by Crippen LogP contribution is -2.44. The molecule has 0 unspecified atom stereocenters. The number of aryl methyl sites for hydroxylation is 2. The van der Waals surface area contributed by atoms with Crippen molar-refractivity contribution in [2.24, 2.45) is 24.8 Å². The largest absolute Gasteiger partial charge is 0.487 e. The predicted octanol–water partition coefficient (Wildman–Crippen LogP) is 5.99. The van der Waals surface area contributed by atoms with Crippen molar-refractivity contribution in [2.75, 3.05) is 18.0 Å². The highest BCUT2D eigenvalue weighted by molar-refractivity contribution is 7.90. The SMILES string of the molecule is Cn1cnc(CO[C@H]2/C=C/C[C@H]3CCC[C@@H]3S(=O)(=O)NC(=O)c3ccc4c(c3)N(CCCCc3cc(Cl)ccc3CO4)C[C@@H]3CC[C@H]32)n1. The summed E-state index contributed by atoms with van der Waals surface area (Å²) in [7, 11) is -2.05. The van der Waals surface area contributed by atoms with Gasteiger partial charge in [-0.2, -0.15) is 5.10 Å². The van der Waals surface area contributed by atoms with Crippen molar-refractivity contribution >= 4 is 33.2 Å².